The summed E-state index contributed by atoms with van der Waals surface area (Å²) in [5.41, 5.74) is 5.16. The number of hydrogen-bond donors (Lipinski definition) is 1. The third kappa shape index (κ3) is 5.27. The summed E-state index contributed by atoms with van der Waals surface area (Å²) in [6.07, 6.45) is 4.70. The van der Waals surface area contributed by atoms with Crippen molar-refractivity contribution in [3.8, 4) is 0 Å². The highest BCUT2D eigenvalue weighted by atomic mass is 35.5. The molecule has 0 radical (unpaired) electrons. The quantitative estimate of drug-likeness (QED) is 0.457. The zero-order chi connectivity index (χ0) is 18.8. The number of pyridine rings is 1. The fourth-order valence-electron chi connectivity index (χ4n) is 2.54. The highest BCUT2D eigenvalue weighted by Gasteiger charge is 2.30. The van der Waals surface area contributed by atoms with Gasteiger partial charge in [0.05, 0.1) is 17.4 Å². The lowest BCUT2D eigenvalue weighted by Crippen LogP contribution is -2.39. The van der Waals surface area contributed by atoms with Gasteiger partial charge in [-0.2, -0.15) is 0 Å². The molecule has 1 aromatic heterocycles. The molecule has 0 bridgehead atoms. The van der Waals surface area contributed by atoms with E-state index in [2.05, 4.69) is 10.5 Å². The lowest BCUT2D eigenvalue weighted by atomic mass is 10.1. The van der Waals surface area contributed by atoms with E-state index >= 15 is 0 Å². The molecule has 140 valence electrons. The third-order valence-corrected chi connectivity index (χ3v) is 4.55. The number of hydroxylamine groups is 1. The number of rotatable bonds is 10. The Morgan fingerprint density at radius 2 is 1.92 bits per heavy atom. The van der Waals surface area contributed by atoms with Gasteiger partial charge in [0, 0.05) is 43.5 Å². The highest BCUT2D eigenvalue weighted by molar-refractivity contribution is 6.52. The Balaban J connectivity index is 2.34. The van der Waals surface area contributed by atoms with Crippen LogP contribution in [-0.2, 0) is 9.57 Å². The summed E-state index contributed by atoms with van der Waals surface area (Å²) in [6.45, 7) is 1.50. The van der Waals surface area contributed by atoms with Crippen LogP contribution in [-0.4, -0.2) is 24.6 Å². The minimum absolute atomic E-state index is 0.351. The van der Waals surface area contributed by atoms with E-state index in [0.29, 0.717) is 30.0 Å². The van der Waals surface area contributed by atoms with Crippen LogP contribution in [0.3, 0.4) is 0 Å². The summed E-state index contributed by atoms with van der Waals surface area (Å²) in [7, 11) is 1.55. The van der Waals surface area contributed by atoms with Gasteiger partial charge in [0.15, 0.2) is 5.79 Å². The molecule has 1 unspecified atom stereocenters. The van der Waals surface area contributed by atoms with Crippen molar-refractivity contribution in [3.05, 3.63) is 66.0 Å². The third-order valence-electron chi connectivity index (χ3n) is 4.14. The molecule has 0 fully saturated rings. The molecule has 0 saturated heterocycles. The fourth-order valence-corrected chi connectivity index (χ4v) is 2.80. The summed E-state index contributed by atoms with van der Waals surface area (Å²) in [5, 5.41) is 0.468. The van der Waals surface area contributed by atoms with Crippen LogP contribution < -0.4 is 5.48 Å². The average molecular weight is 379 g/mol. The van der Waals surface area contributed by atoms with Crippen molar-refractivity contribution in [2.45, 2.75) is 32.0 Å². The second kappa shape index (κ2) is 10.3. The molecule has 1 aromatic carbocycles. The molecule has 26 heavy (non-hydrogen) atoms. The topological polar surface area (TPSA) is 43.4 Å². The molecule has 1 heterocycles. The Bertz CT molecular complexity index is 691. The van der Waals surface area contributed by atoms with Crippen LogP contribution >= 0.6 is 11.6 Å². The van der Waals surface area contributed by atoms with E-state index in [1.807, 2.05) is 49.4 Å². The lowest BCUT2D eigenvalue weighted by Gasteiger charge is -2.31. The molecule has 1 atom stereocenters. The normalized spacial score (nSPS) is 14.5. The Hall–Kier alpha value is -1.95. The SMILES string of the molecule is CCC(CCCF)(OC)ONC(=C(Cl)c1cccnc1)c1ccccc1. The number of halogens is 2. The molecule has 0 aliphatic rings. The fraction of sp³-hybridized carbons (Fsp3) is 0.350. The minimum Gasteiger partial charge on any atom is -0.351 e. The van der Waals surface area contributed by atoms with Gasteiger partial charge >= 0.3 is 0 Å². The van der Waals surface area contributed by atoms with E-state index in [4.69, 9.17) is 21.2 Å². The second-order valence-corrected chi connectivity index (χ2v) is 6.14. The monoisotopic (exact) mass is 378 g/mol. The van der Waals surface area contributed by atoms with E-state index in [1.54, 1.807) is 19.5 Å². The largest absolute Gasteiger partial charge is 0.351 e. The van der Waals surface area contributed by atoms with E-state index in [1.165, 1.54) is 0 Å². The molecule has 0 amide bonds. The number of methoxy groups -OCH3 is 1. The Morgan fingerprint density at radius 1 is 1.19 bits per heavy atom. The standard InChI is InChI=1S/C20H24ClFN2O2/c1-3-20(25-2,12-8-13-22)26-24-19(16-9-5-4-6-10-16)18(21)17-11-7-14-23-15-17/h4-7,9-11,14-15,24H,3,8,12-13H2,1-2H3. The summed E-state index contributed by atoms with van der Waals surface area (Å²) in [4.78, 5) is 10.00. The second-order valence-electron chi connectivity index (χ2n) is 5.76. The number of benzene rings is 1. The van der Waals surface area contributed by atoms with Crippen molar-refractivity contribution < 1.29 is 14.0 Å². The van der Waals surface area contributed by atoms with Crippen molar-refractivity contribution >= 4 is 22.3 Å². The zero-order valence-electron chi connectivity index (χ0n) is 15.0. The van der Waals surface area contributed by atoms with Crippen LogP contribution in [0.2, 0.25) is 0 Å². The van der Waals surface area contributed by atoms with Gasteiger partial charge in [-0.15, -0.1) is 0 Å². The molecular formula is C20H24ClFN2O2. The number of nitrogens with zero attached hydrogens (tertiary/aromatic N) is 1. The molecule has 0 saturated carbocycles. The first-order valence-corrected chi connectivity index (χ1v) is 8.94. The smallest absolute Gasteiger partial charge is 0.193 e. The van der Waals surface area contributed by atoms with Gasteiger partial charge in [0.1, 0.15) is 0 Å². The van der Waals surface area contributed by atoms with Crippen molar-refractivity contribution in [2.24, 2.45) is 0 Å². The van der Waals surface area contributed by atoms with Crippen LogP contribution in [0.5, 0.6) is 0 Å². The first-order chi connectivity index (χ1) is 12.7. The number of ether oxygens (including phenoxy) is 1. The minimum atomic E-state index is -0.932. The maximum absolute atomic E-state index is 12.6. The Kier molecular flexibility index (Phi) is 8.04. The van der Waals surface area contributed by atoms with E-state index in [-0.39, 0.29) is 0 Å². The highest BCUT2D eigenvalue weighted by Crippen LogP contribution is 2.30. The Labute approximate surface area is 159 Å². The number of aromatic nitrogens is 1. The van der Waals surface area contributed by atoms with Crippen LogP contribution in [0.15, 0.2) is 54.9 Å². The predicted molar refractivity (Wildman–Crippen MR) is 103 cm³/mol. The van der Waals surface area contributed by atoms with Crippen molar-refractivity contribution in [1.29, 1.82) is 0 Å². The van der Waals surface area contributed by atoms with Crippen molar-refractivity contribution in [3.63, 3.8) is 0 Å². The molecule has 4 nitrogen and oxygen atoms in total. The summed E-state index contributed by atoms with van der Waals surface area (Å²) >= 11 is 6.62. The van der Waals surface area contributed by atoms with Gasteiger partial charge in [-0.3, -0.25) is 14.9 Å². The molecular weight excluding hydrogens is 355 g/mol. The van der Waals surface area contributed by atoms with Crippen LogP contribution in [0.4, 0.5) is 4.39 Å². The van der Waals surface area contributed by atoms with E-state index in [9.17, 15) is 4.39 Å². The van der Waals surface area contributed by atoms with Crippen LogP contribution in [0, 0.1) is 0 Å². The number of hydrogen-bond acceptors (Lipinski definition) is 4. The van der Waals surface area contributed by atoms with Gasteiger partial charge in [-0.05, 0) is 12.5 Å². The molecule has 0 spiro atoms. The van der Waals surface area contributed by atoms with Gasteiger partial charge < -0.3 is 4.74 Å². The predicted octanol–water partition coefficient (Wildman–Crippen LogP) is 5.17. The molecule has 6 heteroatoms. The van der Waals surface area contributed by atoms with E-state index in [0.717, 1.165) is 11.1 Å². The van der Waals surface area contributed by atoms with Gasteiger partial charge in [-0.25, -0.2) is 4.84 Å². The van der Waals surface area contributed by atoms with Gasteiger partial charge in [-0.1, -0.05) is 54.9 Å². The van der Waals surface area contributed by atoms with Crippen molar-refractivity contribution in [2.75, 3.05) is 13.8 Å². The number of nitrogens with one attached hydrogen (secondary N) is 1. The van der Waals surface area contributed by atoms with Gasteiger partial charge in [0.25, 0.3) is 0 Å². The molecule has 0 aliphatic heterocycles. The molecule has 2 rings (SSSR count). The first-order valence-electron chi connectivity index (χ1n) is 8.56. The van der Waals surface area contributed by atoms with Crippen LogP contribution in [0.25, 0.3) is 10.7 Å². The maximum atomic E-state index is 12.6. The lowest BCUT2D eigenvalue weighted by molar-refractivity contribution is -0.251. The van der Waals surface area contributed by atoms with Crippen LogP contribution in [0.1, 0.15) is 37.3 Å². The summed E-state index contributed by atoms with van der Waals surface area (Å²) in [5.74, 6) is -0.932. The van der Waals surface area contributed by atoms with E-state index < -0.39 is 12.5 Å². The molecule has 2 aromatic rings. The summed E-state index contributed by atoms with van der Waals surface area (Å²) in [6, 6.07) is 13.3. The molecule has 0 aliphatic carbocycles. The Morgan fingerprint density at radius 3 is 2.50 bits per heavy atom. The van der Waals surface area contributed by atoms with Gasteiger partial charge in [0.2, 0.25) is 0 Å². The number of alkyl halides is 1. The first kappa shape index (κ1) is 20.4. The maximum Gasteiger partial charge on any atom is 0.193 e. The zero-order valence-corrected chi connectivity index (χ0v) is 15.8. The average Bonchev–Trinajstić information content (AvgIpc) is 2.72. The van der Waals surface area contributed by atoms with Crippen molar-refractivity contribution in [1.82, 2.24) is 10.5 Å². The molecule has 1 N–H and O–H groups in total. The summed E-state index contributed by atoms with van der Waals surface area (Å²) < 4.78 is 18.2.